The van der Waals surface area contributed by atoms with E-state index in [-0.39, 0.29) is 0 Å². The van der Waals surface area contributed by atoms with Crippen LogP contribution in [0.2, 0.25) is 12.1 Å². The van der Waals surface area contributed by atoms with Crippen molar-refractivity contribution < 1.29 is 0 Å². The lowest BCUT2D eigenvalue weighted by molar-refractivity contribution is 1.28. The molecule has 2 nitrogen and oxygen atoms in total. The second-order valence-corrected chi connectivity index (χ2v) is 19.5. The molecule has 8 aromatic carbocycles. The van der Waals surface area contributed by atoms with Crippen LogP contribution in [0, 0.1) is 0 Å². The highest BCUT2D eigenvalue weighted by molar-refractivity contribution is 7.03. The van der Waals surface area contributed by atoms with E-state index < -0.39 is 8.07 Å². The predicted octanol–water partition coefficient (Wildman–Crippen LogP) is 14.0. The number of rotatable bonds is 10. The van der Waals surface area contributed by atoms with Gasteiger partial charge in [0.2, 0.25) is 0 Å². The Balaban J connectivity index is 1.06. The first-order chi connectivity index (χ1) is 28.1. The number of benzene rings is 8. The summed E-state index contributed by atoms with van der Waals surface area (Å²) in [4.78, 5) is 4.64. The van der Waals surface area contributed by atoms with Crippen molar-refractivity contribution in [2.75, 3.05) is 9.80 Å². The van der Waals surface area contributed by atoms with Gasteiger partial charge in [0.25, 0.3) is 0 Å². The van der Waals surface area contributed by atoms with Gasteiger partial charge in [-0.05, 0) is 117 Å². The standard InChI is InChI=1S/C54H46N2Si/c1-3-57(4-2)53-39-45(41-31-35-51(36-32-41)55(47-17-9-5-10-18-47)48-19-11-6-12-20-48)29-27-43(53)25-26-44-28-30-46(40-54(44)57)42-33-37-52(38-34-42)56(49-21-13-7-14-22-49)50-23-15-8-16-24-50/h5-40H,3-4H2,1-2H3. The summed E-state index contributed by atoms with van der Waals surface area (Å²) < 4.78 is 0. The van der Waals surface area contributed by atoms with Crippen LogP contribution in [0.1, 0.15) is 25.0 Å². The highest BCUT2D eigenvalue weighted by Crippen LogP contribution is 2.38. The summed E-state index contributed by atoms with van der Waals surface area (Å²) in [6, 6.07) is 77.3. The smallest absolute Gasteiger partial charge is 0.119 e. The van der Waals surface area contributed by atoms with E-state index in [0.29, 0.717) is 0 Å². The summed E-state index contributed by atoms with van der Waals surface area (Å²) in [6.07, 6.45) is 4.71. The Bertz CT molecular complexity index is 2350. The molecule has 0 atom stereocenters. The van der Waals surface area contributed by atoms with Gasteiger partial charge in [-0.15, -0.1) is 0 Å². The van der Waals surface area contributed by atoms with Gasteiger partial charge in [-0.25, -0.2) is 0 Å². The first kappa shape index (κ1) is 36.0. The maximum absolute atomic E-state index is 2.53. The monoisotopic (exact) mass is 750 g/mol. The summed E-state index contributed by atoms with van der Waals surface area (Å²) in [5.74, 6) is 0. The van der Waals surface area contributed by atoms with Crippen LogP contribution in [0.5, 0.6) is 0 Å². The Hall–Kier alpha value is -6.68. The van der Waals surface area contributed by atoms with Crippen molar-refractivity contribution >= 4 is 64.7 Å². The molecule has 0 aliphatic carbocycles. The minimum atomic E-state index is -2.16. The Labute approximate surface area is 338 Å². The van der Waals surface area contributed by atoms with Gasteiger partial charge in [-0.1, -0.05) is 172 Å². The lowest BCUT2D eigenvalue weighted by atomic mass is 10.0. The van der Waals surface area contributed by atoms with Crippen LogP contribution >= 0.6 is 0 Å². The third kappa shape index (κ3) is 6.92. The zero-order chi connectivity index (χ0) is 38.6. The molecule has 0 N–H and O–H groups in total. The molecular weight excluding hydrogens is 705 g/mol. The zero-order valence-electron chi connectivity index (χ0n) is 32.6. The largest absolute Gasteiger partial charge is 0.311 e. The molecule has 57 heavy (non-hydrogen) atoms. The van der Waals surface area contributed by atoms with Crippen LogP contribution in [0.3, 0.4) is 0 Å². The van der Waals surface area contributed by atoms with Crippen LogP contribution < -0.4 is 20.2 Å². The summed E-state index contributed by atoms with van der Waals surface area (Å²) in [6.45, 7) is 4.84. The quantitative estimate of drug-likeness (QED) is 0.128. The molecule has 276 valence electrons. The molecule has 1 heterocycles. The van der Waals surface area contributed by atoms with E-state index in [0.717, 1.165) is 46.2 Å². The fraction of sp³-hybridized carbons (Fsp3) is 0.0741. The van der Waals surface area contributed by atoms with Crippen molar-refractivity contribution in [1.82, 2.24) is 0 Å². The molecule has 0 aromatic heterocycles. The third-order valence-electron chi connectivity index (χ3n) is 11.8. The van der Waals surface area contributed by atoms with Crippen LogP contribution in [0.25, 0.3) is 34.4 Å². The van der Waals surface area contributed by atoms with Crippen molar-refractivity contribution in [2.45, 2.75) is 25.9 Å². The number of para-hydroxylation sites is 4. The first-order valence-electron chi connectivity index (χ1n) is 20.1. The van der Waals surface area contributed by atoms with Crippen molar-refractivity contribution in [1.29, 1.82) is 0 Å². The van der Waals surface area contributed by atoms with Gasteiger partial charge in [-0.2, -0.15) is 0 Å². The average Bonchev–Trinajstić information content (AvgIpc) is 3.42. The van der Waals surface area contributed by atoms with Crippen molar-refractivity contribution in [3.63, 3.8) is 0 Å². The summed E-state index contributed by atoms with van der Waals surface area (Å²) in [5, 5.41) is 3.07. The first-order valence-corrected chi connectivity index (χ1v) is 22.5. The lowest BCUT2D eigenvalue weighted by Crippen LogP contribution is -2.58. The molecule has 8 aromatic rings. The Kier molecular flexibility index (Phi) is 9.99. The zero-order valence-corrected chi connectivity index (χ0v) is 33.6. The molecule has 0 radical (unpaired) electrons. The van der Waals surface area contributed by atoms with Crippen molar-refractivity contribution in [2.24, 2.45) is 0 Å². The second-order valence-electron chi connectivity index (χ2n) is 14.8. The summed E-state index contributed by atoms with van der Waals surface area (Å²) in [5.41, 5.74) is 14.6. The Morgan fingerprint density at radius 2 is 0.596 bits per heavy atom. The Morgan fingerprint density at radius 3 is 0.895 bits per heavy atom. The third-order valence-corrected chi connectivity index (χ3v) is 17.1. The fourth-order valence-electron chi connectivity index (χ4n) is 8.74. The summed E-state index contributed by atoms with van der Waals surface area (Å²) in [7, 11) is -2.16. The van der Waals surface area contributed by atoms with E-state index in [1.807, 2.05) is 0 Å². The number of hydrogen-bond donors (Lipinski definition) is 0. The summed E-state index contributed by atoms with van der Waals surface area (Å²) >= 11 is 0. The fourth-order valence-corrected chi connectivity index (χ4v) is 13.4. The van der Waals surface area contributed by atoms with Gasteiger partial charge < -0.3 is 9.80 Å². The molecule has 1 aliphatic heterocycles. The van der Waals surface area contributed by atoms with E-state index in [2.05, 4.69) is 242 Å². The lowest BCUT2D eigenvalue weighted by Gasteiger charge is -2.33. The molecule has 0 spiro atoms. The number of nitrogens with zero attached hydrogens (tertiary/aromatic N) is 2. The molecule has 0 saturated carbocycles. The molecule has 1 aliphatic rings. The molecule has 0 amide bonds. The van der Waals surface area contributed by atoms with E-state index in [9.17, 15) is 0 Å². The van der Waals surface area contributed by atoms with Crippen molar-refractivity contribution in [3.05, 3.63) is 217 Å². The minimum absolute atomic E-state index is 1.14. The molecule has 3 heteroatoms. The highest BCUT2D eigenvalue weighted by Gasteiger charge is 2.38. The van der Waals surface area contributed by atoms with E-state index in [1.165, 1.54) is 43.8 Å². The van der Waals surface area contributed by atoms with Gasteiger partial charge in [0, 0.05) is 34.1 Å². The van der Waals surface area contributed by atoms with E-state index >= 15 is 0 Å². The molecule has 0 saturated heterocycles. The highest BCUT2D eigenvalue weighted by atomic mass is 28.3. The van der Waals surface area contributed by atoms with Gasteiger partial charge in [-0.3, -0.25) is 0 Å². The molecular formula is C54H46N2Si. The predicted molar refractivity (Wildman–Crippen MR) is 248 cm³/mol. The van der Waals surface area contributed by atoms with E-state index in [1.54, 1.807) is 0 Å². The van der Waals surface area contributed by atoms with Gasteiger partial charge in [0.15, 0.2) is 0 Å². The van der Waals surface area contributed by atoms with Crippen LogP contribution in [-0.4, -0.2) is 8.07 Å². The molecule has 0 bridgehead atoms. The van der Waals surface area contributed by atoms with Gasteiger partial charge >= 0.3 is 0 Å². The number of fused-ring (bicyclic) bond motifs is 2. The van der Waals surface area contributed by atoms with E-state index in [4.69, 9.17) is 0 Å². The maximum Gasteiger partial charge on any atom is 0.119 e. The van der Waals surface area contributed by atoms with Crippen LogP contribution in [-0.2, 0) is 0 Å². The average molecular weight is 751 g/mol. The molecule has 9 rings (SSSR count). The maximum atomic E-state index is 2.53. The minimum Gasteiger partial charge on any atom is -0.311 e. The van der Waals surface area contributed by atoms with Gasteiger partial charge in [0.1, 0.15) is 8.07 Å². The Morgan fingerprint density at radius 1 is 0.316 bits per heavy atom. The van der Waals surface area contributed by atoms with Crippen molar-refractivity contribution in [3.8, 4) is 22.3 Å². The SMILES string of the molecule is CC[Si]1(CC)c2cc(-c3ccc(N(c4ccccc4)c4ccccc4)cc3)ccc2C=Cc2ccc(-c3ccc(N(c4ccccc4)c4ccccc4)cc3)cc21. The molecule has 0 unspecified atom stereocenters. The number of anilines is 6. The van der Waals surface area contributed by atoms with Crippen LogP contribution in [0.4, 0.5) is 34.1 Å². The van der Waals surface area contributed by atoms with Gasteiger partial charge in [0.05, 0.1) is 0 Å². The molecule has 0 fully saturated rings. The second kappa shape index (κ2) is 15.8. The normalized spacial score (nSPS) is 12.6. The number of hydrogen-bond acceptors (Lipinski definition) is 2. The topological polar surface area (TPSA) is 6.48 Å². The van der Waals surface area contributed by atoms with Crippen LogP contribution in [0.15, 0.2) is 206 Å².